The molecule has 10 heteroatoms. The van der Waals surface area contributed by atoms with Gasteiger partial charge in [0.15, 0.2) is 0 Å². The maximum Gasteiger partial charge on any atom is 0.346 e. The fourth-order valence-electron chi connectivity index (χ4n) is 2.40. The Bertz CT molecular complexity index is 1200. The van der Waals surface area contributed by atoms with Crippen molar-refractivity contribution in [1.82, 2.24) is 5.43 Å². The third kappa shape index (κ3) is 6.13. The first kappa shape index (κ1) is 22.9. The van der Waals surface area contributed by atoms with Crippen molar-refractivity contribution in [3.8, 4) is 5.75 Å². The maximum atomic E-state index is 13.6. The molecule has 2 N–H and O–H groups in total. The van der Waals surface area contributed by atoms with Crippen molar-refractivity contribution in [3.63, 3.8) is 0 Å². The van der Waals surface area contributed by atoms with Gasteiger partial charge >= 0.3 is 17.8 Å². The van der Waals surface area contributed by atoms with Crippen LogP contribution in [0.5, 0.6) is 5.75 Å². The quantitative estimate of drug-likeness (QED) is 0.188. The fourth-order valence-corrected chi connectivity index (χ4v) is 2.74. The van der Waals surface area contributed by atoms with E-state index in [1.807, 2.05) is 0 Å². The van der Waals surface area contributed by atoms with Gasteiger partial charge in [-0.2, -0.15) is 5.10 Å². The molecule has 0 spiro atoms. The van der Waals surface area contributed by atoms with Gasteiger partial charge in [0.1, 0.15) is 11.6 Å². The second kappa shape index (κ2) is 10.5. The predicted molar refractivity (Wildman–Crippen MR) is 119 cm³/mol. The minimum absolute atomic E-state index is 0.182. The van der Waals surface area contributed by atoms with Crippen molar-refractivity contribution < 1.29 is 23.5 Å². The molecule has 0 unspecified atom stereocenters. The lowest BCUT2D eigenvalue weighted by Crippen LogP contribution is -2.32. The molecule has 0 saturated heterocycles. The van der Waals surface area contributed by atoms with E-state index >= 15 is 0 Å². The zero-order valence-electron chi connectivity index (χ0n) is 16.1. The van der Waals surface area contributed by atoms with Gasteiger partial charge in [0, 0.05) is 5.02 Å². The van der Waals surface area contributed by atoms with E-state index in [1.54, 1.807) is 12.1 Å². The molecular weight excluding hydrogens is 460 g/mol. The first-order valence-corrected chi connectivity index (χ1v) is 9.75. The van der Waals surface area contributed by atoms with Crippen LogP contribution in [0, 0.1) is 5.82 Å². The summed E-state index contributed by atoms with van der Waals surface area (Å²) in [6.45, 7) is 0. The van der Waals surface area contributed by atoms with Crippen LogP contribution in [0.25, 0.3) is 0 Å². The third-order valence-electron chi connectivity index (χ3n) is 3.95. The molecule has 0 fully saturated rings. The van der Waals surface area contributed by atoms with E-state index in [0.717, 1.165) is 6.07 Å². The maximum absolute atomic E-state index is 13.6. The highest BCUT2D eigenvalue weighted by molar-refractivity contribution is 6.42. The zero-order valence-corrected chi connectivity index (χ0v) is 17.7. The molecule has 2 amide bonds. The molecule has 0 radical (unpaired) electrons. The van der Waals surface area contributed by atoms with Gasteiger partial charge in [-0.15, -0.1) is 0 Å². The van der Waals surface area contributed by atoms with Crippen LogP contribution in [0.2, 0.25) is 10.0 Å². The summed E-state index contributed by atoms with van der Waals surface area (Å²) in [6.07, 6.45) is 1.28. The molecule has 3 aromatic carbocycles. The SMILES string of the molecule is O=C(NN=Cc1ccc(OC(=O)c2ccccc2F)cc1)C(=O)Nc1cc(Cl)ccc1Cl. The summed E-state index contributed by atoms with van der Waals surface area (Å²) < 4.78 is 18.8. The summed E-state index contributed by atoms with van der Waals surface area (Å²) in [6, 6.07) is 15.9. The Morgan fingerprint density at radius 3 is 2.38 bits per heavy atom. The molecule has 3 rings (SSSR count). The molecule has 0 aromatic heterocycles. The Morgan fingerprint density at radius 1 is 0.938 bits per heavy atom. The van der Waals surface area contributed by atoms with E-state index in [-0.39, 0.29) is 22.0 Å². The number of ether oxygens (including phenoxy) is 1. The Morgan fingerprint density at radius 2 is 1.66 bits per heavy atom. The van der Waals surface area contributed by atoms with Crippen LogP contribution in [0.4, 0.5) is 10.1 Å². The van der Waals surface area contributed by atoms with Crippen LogP contribution in [-0.2, 0) is 9.59 Å². The van der Waals surface area contributed by atoms with Crippen molar-refractivity contribution >= 4 is 52.9 Å². The lowest BCUT2D eigenvalue weighted by Gasteiger charge is -2.06. The topological polar surface area (TPSA) is 96.9 Å². The normalized spacial score (nSPS) is 10.6. The molecule has 162 valence electrons. The van der Waals surface area contributed by atoms with Crippen molar-refractivity contribution in [3.05, 3.63) is 93.7 Å². The number of hydrogen-bond acceptors (Lipinski definition) is 5. The summed E-state index contributed by atoms with van der Waals surface area (Å²) in [4.78, 5) is 35.8. The van der Waals surface area contributed by atoms with Crippen LogP contribution < -0.4 is 15.5 Å². The van der Waals surface area contributed by atoms with Gasteiger partial charge in [0.2, 0.25) is 0 Å². The highest BCUT2D eigenvalue weighted by Crippen LogP contribution is 2.25. The van der Waals surface area contributed by atoms with E-state index in [2.05, 4.69) is 15.8 Å². The summed E-state index contributed by atoms with van der Waals surface area (Å²) in [5.74, 6) is -3.33. The van der Waals surface area contributed by atoms with Crippen molar-refractivity contribution in [2.24, 2.45) is 5.10 Å². The predicted octanol–water partition coefficient (Wildman–Crippen LogP) is 4.44. The Labute approximate surface area is 191 Å². The lowest BCUT2D eigenvalue weighted by atomic mass is 10.2. The van der Waals surface area contributed by atoms with Crippen LogP contribution in [0.15, 0.2) is 71.8 Å². The summed E-state index contributed by atoms with van der Waals surface area (Å²) in [5, 5.41) is 6.57. The summed E-state index contributed by atoms with van der Waals surface area (Å²) >= 11 is 11.8. The van der Waals surface area contributed by atoms with Crippen molar-refractivity contribution in [2.75, 3.05) is 5.32 Å². The molecule has 0 aliphatic rings. The molecule has 0 saturated carbocycles. The van der Waals surface area contributed by atoms with E-state index in [9.17, 15) is 18.8 Å². The number of benzene rings is 3. The average Bonchev–Trinajstić information content (AvgIpc) is 2.77. The number of amides is 2. The Hall–Kier alpha value is -3.75. The molecule has 0 bridgehead atoms. The van der Waals surface area contributed by atoms with Crippen LogP contribution in [-0.4, -0.2) is 24.0 Å². The number of nitrogens with zero attached hydrogens (tertiary/aromatic N) is 1. The van der Waals surface area contributed by atoms with E-state index in [1.165, 1.54) is 54.7 Å². The number of halogens is 3. The van der Waals surface area contributed by atoms with E-state index < -0.39 is 23.6 Å². The van der Waals surface area contributed by atoms with Gasteiger partial charge in [-0.3, -0.25) is 9.59 Å². The molecule has 0 atom stereocenters. The van der Waals surface area contributed by atoms with E-state index in [4.69, 9.17) is 27.9 Å². The molecule has 32 heavy (non-hydrogen) atoms. The second-order valence-electron chi connectivity index (χ2n) is 6.22. The number of carbonyl (C=O) groups excluding carboxylic acids is 3. The highest BCUT2D eigenvalue weighted by Gasteiger charge is 2.15. The fraction of sp³-hybridized carbons (Fsp3) is 0. The van der Waals surface area contributed by atoms with Gasteiger partial charge in [-0.25, -0.2) is 14.6 Å². The number of rotatable bonds is 5. The van der Waals surface area contributed by atoms with Gasteiger partial charge in [-0.05, 0) is 60.2 Å². The highest BCUT2D eigenvalue weighted by atomic mass is 35.5. The monoisotopic (exact) mass is 473 g/mol. The summed E-state index contributed by atoms with van der Waals surface area (Å²) in [7, 11) is 0. The number of anilines is 1. The molecule has 0 heterocycles. The Kier molecular flexibility index (Phi) is 7.54. The minimum Gasteiger partial charge on any atom is -0.423 e. The first-order chi connectivity index (χ1) is 15.3. The van der Waals surface area contributed by atoms with Gasteiger partial charge < -0.3 is 10.1 Å². The van der Waals surface area contributed by atoms with Crippen LogP contribution >= 0.6 is 23.2 Å². The lowest BCUT2D eigenvalue weighted by molar-refractivity contribution is -0.136. The van der Waals surface area contributed by atoms with E-state index in [0.29, 0.717) is 10.6 Å². The van der Waals surface area contributed by atoms with Crippen molar-refractivity contribution in [2.45, 2.75) is 0 Å². The number of esters is 1. The van der Waals surface area contributed by atoms with Crippen molar-refractivity contribution in [1.29, 1.82) is 0 Å². The van der Waals surface area contributed by atoms with Crippen LogP contribution in [0.1, 0.15) is 15.9 Å². The standard InChI is InChI=1S/C22H14Cl2FN3O4/c23-14-7-10-17(24)19(11-14)27-20(29)21(30)28-26-12-13-5-8-15(9-6-13)32-22(31)16-3-1-2-4-18(16)25/h1-12H,(H,27,29)(H,28,30). The largest absolute Gasteiger partial charge is 0.423 e. The molecule has 0 aliphatic carbocycles. The average molecular weight is 474 g/mol. The Balaban J connectivity index is 1.53. The summed E-state index contributed by atoms with van der Waals surface area (Å²) in [5.41, 5.74) is 2.61. The third-order valence-corrected chi connectivity index (χ3v) is 4.51. The molecule has 0 aliphatic heterocycles. The van der Waals surface area contributed by atoms with Crippen LogP contribution in [0.3, 0.4) is 0 Å². The van der Waals surface area contributed by atoms with Gasteiger partial charge in [-0.1, -0.05) is 35.3 Å². The number of carbonyl (C=O) groups is 3. The minimum atomic E-state index is -1.02. The molecular formula is C22H14Cl2FN3O4. The van der Waals surface area contributed by atoms with Gasteiger partial charge in [0.05, 0.1) is 22.5 Å². The smallest absolute Gasteiger partial charge is 0.346 e. The zero-order chi connectivity index (χ0) is 23.1. The number of hydrazone groups is 1. The number of hydrogen-bond donors (Lipinski definition) is 2. The number of nitrogens with one attached hydrogen (secondary N) is 2. The second-order valence-corrected chi connectivity index (χ2v) is 7.06. The first-order valence-electron chi connectivity index (χ1n) is 8.99. The molecule has 7 nitrogen and oxygen atoms in total. The molecule has 3 aromatic rings. The van der Waals surface area contributed by atoms with Gasteiger partial charge in [0.25, 0.3) is 0 Å².